The summed E-state index contributed by atoms with van der Waals surface area (Å²) in [6.07, 6.45) is 1.45. The lowest BCUT2D eigenvalue weighted by Crippen LogP contribution is -2.05. The van der Waals surface area contributed by atoms with E-state index in [0.29, 0.717) is 11.3 Å². The van der Waals surface area contributed by atoms with E-state index in [-0.39, 0.29) is 36.8 Å². The van der Waals surface area contributed by atoms with Gasteiger partial charge in [0.2, 0.25) is 5.88 Å². The number of aliphatic carboxylic acids is 1. The molecule has 0 fully saturated rings. The van der Waals surface area contributed by atoms with Crippen molar-refractivity contribution in [2.45, 2.75) is 19.8 Å². The third-order valence-electron chi connectivity index (χ3n) is 3.67. The number of benzene rings is 1. The lowest BCUT2D eigenvalue weighted by atomic mass is 10.1. The Labute approximate surface area is 158 Å². The maximum atomic E-state index is 14.4. The van der Waals surface area contributed by atoms with Gasteiger partial charge in [-0.15, -0.1) is 0 Å². The van der Waals surface area contributed by atoms with Crippen LogP contribution in [0.3, 0.4) is 0 Å². The van der Waals surface area contributed by atoms with E-state index in [2.05, 4.69) is 10.1 Å². The van der Waals surface area contributed by atoms with Crippen molar-refractivity contribution in [3.8, 4) is 28.6 Å². The third kappa shape index (κ3) is 4.61. The molecule has 0 atom stereocenters. The van der Waals surface area contributed by atoms with Crippen LogP contribution in [-0.4, -0.2) is 27.8 Å². The number of carbonyl (C=O) groups is 1. The highest BCUT2D eigenvalue weighted by atomic mass is 19.1. The molecule has 0 bridgehead atoms. The SMILES string of the molecule is Cc1cc(Oc2ncccc2-c2cc(F)c(OCCCC(=O)O)c(F)c2)no1. The van der Waals surface area contributed by atoms with E-state index < -0.39 is 23.4 Å². The van der Waals surface area contributed by atoms with Crippen LogP contribution in [0.4, 0.5) is 8.78 Å². The molecule has 0 unspecified atom stereocenters. The molecule has 0 saturated heterocycles. The van der Waals surface area contributed by atoms with E-state index in [0.717, 1.165) is 12.1 Å². The molecule has 0 spiro atoms. The van der Waals surface area contributed by atoms with Crippen molar-refractivity contribution in [3.05, 3.63) is 53.9 Å². The van der Waals surface area contributed by atoms with Gasteiger partial charge in [0.15, 0.2) is 17.4 Å². The van der Waals surface area contributed by atoms with E-state index in [9.17, 15) is 13.6 Å². The van der Waals surface area contributed by atoms with Crippen molar-refractivity contribution >= 4 is 5.97 Å². The van der Waals surface area contributed by atoms with Crippen LogP contribution in [0.5, 0.6) is 17.5 Å². The number of nitrogens with zero attached hydrogens (tertiary/aromatic N) is 2. The number of carboxylic acid groups (broad SMARTS) is 1. The van der Waals surface area contributed by atoms with Gasteiger partial charge in [-0.2, -0.15) is 0 Å². The van der Waals surface area contributed by atoms with Gasteiger partial charge in [0.1, 0.15) is 5.76 Å². The first-order valence-electron chi connectivity index (χ1n) is 8.34. The quantitative estimate of drug-likeness (QED) is 0.571. The normalized spacial score (nSPS) is 10.7. The van der Waals surface area contributed by atoms with Crippen LogP contribution in [0.15, 0.2) is 41.1 Å². The Balaban J connectivity index is 1.83. The highest BCUT2D eigenvalue weighted by Gasteiger charge is 2.17. The van der Waals surface area contributed by atoms with Gasteiger partial charge in [-0.3, -0.25) is 4.79 Å². The molecular formula is C19H16F2N2O5. The molecule has 2 aromatic heterocycles. The van der Waals surface area contributed by atoms with Crippen molar-refractivity contribution in [3.63, 3.8) is 0 Å². The molecule has 28 heavy (non-hydrogen) atoms. The first-order chi connectivity index (χ1) is 13.4. The smallest absolute Gasteiger partial charge is 0.303 e. The van der Waals surface area contributed by atoms with E-state index in [4.69, 9.17) is 19.1 Å². The van der Waals surface area contributed by atoms with Crippen LogP contribution in [-0.2, 0) is 4.79 Å². The molecule has 1 N–H and O–H groups in total. The fourth-order valence-electron chi connectivity index (χ4n) is 2.43. The average molecular weight is 390 g/mol. The second-order valence-corrected chi connectivity index (χ2v) is 5.85. The van der Waals surface area contributed by atoms with Gasteiger partial charge in [0.25, 0.3) is 5.88 Å². The Morgan fingerprint density at radius 3 is 2.64 bits per heavy atom. The molecule has 3 aromatic rings. The minimum Gasteiger partial charge on any atom is -0.488 e. The molecule has 3 rings (SSSR count). The van der Waals surface area contributed by atoms with E-state index in [1.165, 1.54) is 6.20 Å². The molecule has 0 saturated carbocycles. The predicted octanol–water partition coefficient (Wildman–Crippen LogP) is 4.36. The van der Waals surface area contributed by atoms with Gasteiger partial charge in [-0.05, 0) is 48.3 Å². The van der Waals surface area contributed by atoms with Crippen LogP contribution in [0, 0.1) is 18.6 Å². The first-order valence-corrected chi connectivity index (χ1v) is 8.34. The summed E-state index contributed by atoms with van der Waals surface area (Å²) in [7, 11) is 0. The monoisotopic (exact) mass is 390 g/mol. The van der Waals surface area contributed by atoms with Gasteiger partial charge in [0.05, 0.1) is 6.61 Å². The summed E-state index contributed by atoms with van der Waals surface area (Å²) in [6, 6.07) is 6.92. The minimum absolute atomic E-state index is 0.102. The van der Waals surface area contributed by atoms with Crippen LogP contribution >= 0.6 is 0 Å². The number of ether oxygens (including phenoxy) is 2. The average Bonchev–Trinajstić information content (AvgIpc) is 3.05. The fraction of sp³-hybridized carbons (Fsp3) is 0.211. The largest absolute Gasteiger partial charge is 0.488 e. The first kappa shape index (κ1) is 19.3. The maximum absolute atomic E-state index is 14.4. The second-order valence-electron chi connectivity index (χ2n) is 5.85. The van der Waals surface area contributed by atoms with Gasteiger partial charge in [-0.1, -0.05) is 0 Å². The Morgan fingerprint density at radius 1 is 1.25 bits per heavy atom. The number of hydrogen-bond donors (Lipinski definition) is 1. The van der Waals surface area contributed by atoms with Crippen LogP contribution in [0.25, 0.3) is 11.1 Å². The number of aromatic nitrogens is 2. The highest BCUT2D eigenvalue weighted by molar-refractivity contribution is 5.69. The van der Waals surface area contributed by atoms with Crippen molar-refractivity contribution in [1.29, 1.82) is 0 Å². The molecule has 7 nitrogen and oxygen atoms in total. The number of pyridine rings is 1. The summed E-state index contributed by atoms with van der Waals surface area (Å²) < 4.78 is 44.3. The summed E-state index contributed by atoms with van der Waals surface area (Å²) in [6.45, 7) is 1.57. The zero-order valence-corrected chi connectivity index (χ0v) is 14.8. The molecule has 0 amide bonds. The third-order valence-corrected chi connectivity index (χ3v) is 3.67. The number of rotatable bonds is 8. The standard InChI is InChI=1S/C19H16F2N2O5/c1-11-8-16(23-28-11)27-19-13(4-2-6-22-19)12-9-14(20)18(15(21)10-12)26-7-3-5-17(24)25/h2,4,6,8-10H,3,5,7H2,1H3,(H,24,25). The Kier molecular flexibility index (Phi) is 5.83. The number of carboxylic acids is 1. The fourth-order valence-corrected chi connectivity index (χ4v) is 2.43. The van der Waals surface area contributed by atoms with Gasteiger partial charge < -0.3 is 19.1 Å². The van der Waals surface area contributed by atoms with Crippen LogP contribution in [0.2, 0.25) is 0 Å². The minimum atomic E-state index is -1.01. The molecule has 0 aliphatic rings. The maximum Gasteiger partial charge on any atom is 0.303 e. The molecule has 0 aliphatic heterocycles. The lowest BCUT2D eigenvalue weighted by molar-refractivity contribution is -0.137. The zero-order chi connectivity index (χ0) is 20.1. The van der Waals surface area contributed by atoms with E-state index >= 15 is 0 Å². The molecule has 1 aromatic carbocycles. The summed E-state index contributed by atoms with van der Waals surface area (Å²) in [5.41, 5.74) is 0.537. The van der Waals surface area contributed by atoms with E-state index in [1.807, 2.05) is 0 Å². The summed E-state index contributed by atoms with van der Waals surface area (Å²) in [5, 5.41) is 12.3. The van der Waals surface area contributed by atoms with Crippen molar-refractivity contribution in [1.82, 2.24) is 10.1 Å². The Hall–Kier alpha value is -3.49. The van der Waals surface area contributed by atoms with Crippen molar-refractivity contribution in [2.75, 3.05) is 6.61 Å². The Bertz CT molecular complexity index is 967. The summed E-state index contributed by atoms with van der Waals surface area (Å²) in [5.74, 6) is -2.61. The molecule has 0 aliphatic carbocycles. The number of halogens is 2. The van der Waals surface area contributed by atoms with Crippen molar-refractivity contribution in [2.24, 2.45) is 0 Å². The molecule has 0 radical (unpaired) electrons. The van der Waals surface area contributed by atoms with Gasteiger partial charge in [0, 0.05) is 24.2 Å². The highest BCUT2D eigenvalue weighted by Crippen LogP contribution is 2.34. The predicted molar refractivity (Wildman–Crippen MR) is 93.3 cm³/mol. The van der Waals surface area contributed by atoms with Gasteiger partial charge in [-0.25, -0.2) is 13.8 Å². The number of aryl methyl sites for hydroxylation is 1. The van der Waals surface area contributed by atoms with Crippen LogP contribution < -0.4 is 9.47 Å². The molecule has 146 valence electrons. The lowest BCUT2D eigenvalue weighted by Gasteiger charge is -2.11. The Morgan fingerprint density at radius 2 is 2.00 bits per heavy atom. The summed E-state index contributed by atoms with van der Waals surface area (Å²) in [4.78, 5) is 14.6. The van der Waals surface area contributed by atoms with Crippen molar-refractivity contribution < 1.29 is 32.7 Å². The molecule has 2 heterocycles. The van der Waals surface area contributed by atoms with Gasteiger partial charge >= 0.3 is 5.97 Å². The molecular weight excluding hydrogens is 374 g/mol. The zero-order valence-electron chi connectivity index (χ0n) is 14.8. The van der Waals surface area contributed by atoms with Crippen LogP contribution in [0.1, 0.15) is 18.6 Å². The topological polar surface area (TPSA) is 94.7 Å². The number of hydrogen-bond acceptors (Lipinski definition) is 6. The van der Waals surface area contributed by atoms with E-state index in [1.54, 1.807) is 25.1 Å². The second kappa shape index (κ2) is 8.47. The summed E-state index contributed by atoms with van der Waals surface area (Å²) >= 11 is 0. The molecule has 9 heteroatoms.